The summed E-state index contributed by atoms with van der Waals surface area (Å²) >= 11 is 0. The van der Waals surface area contributed by atoms with Crippen molar-refractivity contribution >= 4 is 11.4 Å². The molecule has 1 heteroatoms. The number of anilines is 2. The summed E-state index contributed by atoms with van der Waals surface area (Å²) in [6.07, 6.45) is 0. The standard InChI is InChI=1S/C37H43N/c1-24(2)29-23-27(26-15-11-10-12-16-26)19-21-32(29)38(36(5,6)7)33-22-20-31-35(34(33)25(3)4)28-17-13-14-18-30(28)37(31,8)9/h10-25H,1-9H3/i24D,25D. The van der Waals surface area contributed by atoms with E-state index in [4.69, 9.17) is 0 Å². The van der Waals surface area contributed by atoms with Crippen molar-refractivity contribution in [2.24, 2.45) is 0 Å². The molecule has 1 aliphatic rings. The molecule has 1 aliphatic carbocycles. The van der Waals surface area contributed by atoms with Crippen molar-refractivity contribution in [2.75, 3.05) is 4.90 Å². The molecule has 0 saturated heterocycles. The van der Waals surface area contributed by atoms with Crippen LogP contribution in [0.3, 0.4) is 0 Å². The van der Waals surface area contributed by atoms with Crippen LogP contribution in [0.5, 0.6) is 0 Å². The van der Waals surface area contributed by atoms with Gasteiger partial charge in [-0.05, 0) is 95.3 Å². The fraction of sp³-hybridized carbons (Fsp3) is 0.351. The summed E-state index contributed by atoms with van der Waals surface area (Å²) in [4.78, 5) is 2.38. The lowest BCUT2D eigenvalue weighted by Crippen LogP contribution is -2.39. The van der Waals surface area contributed by atoms with Gasteiger partial charge in [-0.25, -0.2) is 0 Å². The van der Waals surface area contributed by atoms with Crippen molar-refractivity contribution < 1.29 is 2.74 Å². The minimum Gasteiger partial charge on any atom is -0.336 e. The first-order valence-electron chi connectivity index (χ1n) is 14.8. The largest absolute Gasteiger partial charge is 0.336 e. The van der Waals surface area contributed by atoms with Crippen molar-refractivity contribution in [1.82, 2.24) is 0 Å². The summed E-state index contributed by atoms with van der Waals surface area (Å²) in [5, 5.41) is 0. The Morgan fingerprint density at radius 1 is 0.684 bits per heavy atom. The SMILES string of the molecule is [2H]C(C)(C)c1cc(-c2ccccc2)ccc1N(c1ccc2c(c1C([2H])(C)C)-c1ccccc1C2(C)C)C(C)(C)C. The van der Waals surface area contributed by atoms with Crippen LogP contribution in [0.4, 0.5) is 11.4 Å². The molecule has 0 unspecified atom stereocenters. The zero-order chi connectivity index (χ0) is 29.3. The molecule has 4 aromatic rings. The summed E-state index contributed by atoms with van der Waals surface area (Å²) < 4.78 is 18.7. The molecule has 0 atom stereocenters. The first kappa shape index (κ1) is 23.8. The van der Waals surface area contributed by atoms with E-state index in [9.17, 15) is 2.74 Å². The highest BCUT2D eigenvalue weighted by atomic mass is 15.2. The maximum Gasteiger partial charge on any atom is 0.0457 e. The second-order valence-electron chi connectivity index (χ2n) is 12.7. The Balaban J connectivity index is 1.84. The highest BCUT2D eigenvalue weighted by molar-refractivity contribution is 5.89. The van der Waals surface area contributed by atoms with Crippen LogP contribution in [0.1, 0.15) is 99.1 Å². The number of rotatable bonds is 5. The molecule has 0 radical (unpaired) electrons. The van der Waals surface area contributed by atoms with E-state index in [0.29, 0.717) is 0 Å². The van der Waals surface area contributed by atoms with Gasteiger partial charge in [-0.1, -0.05) is 108 Å². The van der Waals surface area contributed by atoms with E-state index in [1.165, 1.54) is 22.3 Å². The van der Waals surface area contributed by atoms with E-state index in [1.54, 1.807) is 0 Å². The first-order valence-corrected chi connectivity index (χ1v) is 13.8. The fourth-order valence-electron chi connectivity index (χ4n) is 6.27. The summed E-state index contributed by atoms with van der Waals surface area (Å²) in [7, 11) is 0. The second kappa shape index (κ2) is 9.45. The van der Waals surface area contributed by atoms with Gasteiger partial charge < -0.3 is 4.90 Å². The van der Waals surface area contributed by atoms with Gasteiger partial charge >= 0.3 is 0 Å². The van der Waals surface area contributed by atoms with Crippen molar-refractivity contribution in [3.05, 3.63) is 107 Å². The van der Waals surface area contributed by atoms with E-state index in [2.05, 4.69) is 118 Å². The highest BCUT2D eigenvalue weighted by Gasteiger charge is 2.39. The van der Waals surface area contributed by atoms with E-state index in [0.717, 1.165) is 33.6 Å². The van der Waals surface area contributed by atoms with E-state index < -0.39 is 11.8 Å². The molecule has 4 aromatic carbocycles. The van der Waals surface area contributed by atoms with Gasteiger partial charge in [-0.2, -0.15) is 0 Å². The molecule has 0 amide bonds. The quantitative estimate of drug-likeness (QED) is 0.262. The van der Waals surface area contributed by atoms with Gasteiger partial charge in [-0.15, -0.1) is 0 Å². The summed E-state index contributed by atoms with van der Waals surface area (Å²) in [6.45, 7) is 19.2. The average Bonchev–Trinajstić information content (AvgIpc) is 3.09. The number of hydrogen-bond acceptors (Lipinski definition) is 1. The maximum atomic E-state index is 9.47. The summed E-state index contributed by atoms with van der Waals surface area (Å²) in [5.41, 5.74) is 10.9. The Morgan fingerprint density at radius 3 is 1.95 bits per heavy atom. The minimum atomic E-state index is -0.849. The molecule has 0 aromatic heterocycles. The topological polar surface area (TPSA) is 3.24 Å². The van der Waals surface area contributed by atoms with Gasteiger partial charge in [0.15, 0.2) is 0 Å². The lowest BCUT2D eigenvalue weighted by Gasteiger charge is -2.42. The van der Waals surface area contributed by atoms with E-state index in [-0.39, 0.29) is 11.0 Å². The Morgan fingerprint density at radius 2 is 1.32 bits per heavy atom. The number of nitrogens with zero attached hydrogens (tertiary/aromatic N) is 1. The van der Waals surface area contributed by atoms with Crippen molar-refractivity contribution in [2.45, 2.75) is 85.1 Å². The molecule has 0 fully saturated rings. The molecule has 38 heavy (non-hydrogen) atoms. The van der Waals surface area contributed by atoms with Gasteiger partial charge in [-0.3, -0.25) is 0 Å². The molecule has 0 heterocycles. The lowest BCUT2D eigenvalue weighted by atomic mass is 9.81. The number of fused-ring (bicyclic) bond motifs is 3. The molecule has 1 nitrogen and oxygen atoms in total. The average molecular weight is 504 g/mol. The third kappa shape index (κ3) is 4.27. The zero-order valence-corrected chi connectivity index (χ0v) is 24.5. The van der Waals surface area contributed by atoms with Crippen LogP contribution in [0.2, 0.25) is 0 Å². The van der Waals surface area contributed by atoms with E-state index in [1.807, 2.05) is 33.8 Å². The molecule has 0 saturated carbocycles. The van der Waals surface area contributed by atoms with Gasteiger partial charge in [0.1, 0.15) is 0 Å². The monoisotopic (exact) mass is 503 g/mol. The third-order valence-corrected chi connectivity index (χ3v) is 8.02. The van der Waals surface area contributed by atoms with Crippen LogP contribution >= 0.6 is 0 Å². The highest BCUT2D eigenvalue weighted by Crippen LogP contribution is 2.54. The second-order valence-corrected chi connectivity index (χ2v) is 12.7. The number of hydrogen-bond donors (Lipinski definition) is 0. The van der Waals surface area contributed by atoms with Gasteiger partial charge in [0, 0.05) is 25.1 Å². The molecule has 0 spiro atoms. The van der Waals surface area contributed by atoms with Gasteiger partial charge in [0.25, 0.3) is 0 Å². The van der Waals surface area contributed by atoms with Crippen LogP contribution in [0.25, 0.3) is 22.3 Å². The van der Waals surface area contributed by atoms with Crippen molar-refractivity contribution in [3.8, 4) is 22.3 Å². The minimum absolute atomic E-state index is 0.136. The smallest absolute Gasteiger partial charge is 0.0457 e. The third-order valence-electron chi connectivity index (χ3n) is 8.02. The summed E-state index contributed by atoms with van der Waals surface area (Å²) in [5.74, 6) is -1.68. The van der Waals surface area contributed by atoms with Gasteiger partial charge in [0.05, 0.1) is 0 Å². The van der Waals surface area contributed by atoms with E-state index >= 15 is 0 Å². The molecular formula is C37H43N. The number of benzene rings is 4. The molecule has 5 rings (SSSR count). The Hall–Kier alpha value is -3.32. The van der Waals surface area contributed by atoms with Crippen LogP contribution in [-0.4, -0.2) is 5.54 Å². The van der Waals surface area contributed by atoms with Crippen LogP contribution < -0.4 is 4.90 Å². The van der Waals surface area contributed by atoms with Gasteiger partial charge in [0.2, 0.25) is 0 Å². The predicted molar refractivity (Wildman–Crippen MR) is 166 cm³/mol. The lowest BCUT2D eigenvalue weighted by molar-refractivity contribution is 0.555. The predicted octanol–water partition coefficient (Wildman–Crippen LogP) is 10.8. The fourth-order valence-corrected chi connectivity index (χ4v) is 6.27. The normalized spacial score (nSPS) is 15.4. The molecule has 0 bridgehead atoms. The van der Waals surface area contributed by atoms with Crippen molar-refractivity contribution in [1.29, 1.82) is 0 Å². The molecular weight excluding hydrogens is 458 g/mol. The van der Waals surface area contributed by atoms with Crippen LogP contribution in [0.15, 0.2) is 84.9 Å². The molecule has 0 N–H and O–H groups in total. The Bertz CT molecular complexity index is 1560. The molecule has 0 aliphatic heterocycles. The zero-order valence-electron chi connectivity index (χ0n) is 26.5. The summed E-state index contributed by atoms with van der Waals surface area (Å²) in [6, 6.07) is 30.1. The molecule has 196 valence electrons. The van der Waals surface area contributed by atoms with Crippen LogP contribution in [0, 0.1) is 0 Å². The first-order chi connectivity index (χ1) is 18.5. The van der Waals surface area contributed by atoms with Crippen LogP contribution in [-0.2, 0) is 5.41 Å². The Labute approximate surface area is 233 Å². The maximum absolute atomic E-state index is 9.47. The Kier molecular flexibility index (Phi) is 5.91. The van der Waals surface area contributed by atoms with Crippen molar-refractivity contribution in [3.63, 3.8) is 0 Å².